The molecule has 2 N–H and O–H groups in total. The Morgan fingerprint density at radius 1 is 1.58 bits per heavy atom. The van der Waals surface area contributed by atoms with E-state index in [1.165, 1.54) is 6.33 Å². The van der Waals surface area contributed by atoms with Gasteiger partial charge in [-0.1, -0.05) is 0 Å². The number of hydrogen-bond acceptors (Lipinski definition) is 4. The van der Waals surface area contributed by atoms with Gasteiger partial charge >= 0.3 is 0 Å². The fourth-order valence-electron chi connectivity index (χ4n) is 0.978. The van der Waals surface area contributed by atoms with Crippen LogP contribution in [-0.4, -0.2) is 25.0 Å². The highest BCUT2D eigenvalue weighted by molar-refractivity contribution is 5.68. The molecule has 2 aromatic rings. The molecule has 62 valence electrons. The molecule has 5 heteroatoms. The van der Waals surface area contributed by atoms with E-state index in [1.807, 2.05) is 0 Å². The summed E-state index contributed by atoms with van der Waals surface area (Å²) >= 11 is 0. The zero-order valence-corrected chi connectivity index (χ0v) is 6.52. The lowest BCUT2D eigenvalue weighted by Crippen LogP contribution is -1.92. The largest absolute Gasteiger partial charge is 0.385 e. The second-order valence-corrected chi connectivity index (χ2v) is 2.56. The van der Waals surface area contributed by atoms with E-state index in [1.54, 1.807) is 13.1 Å². The van der Waals surface area contributed by atoms with Crippen molar-refractivity contribution in [1.29, 1.82) is 0 Å². The summed E-state index contributed by atoms with van der Waals surface area (Å²) in [6.45, 7) is 1.64. The van der Waals surface area contributed by atoms with Crippen LogP contribution in [0.2, 0.25) is 0 Å². The minimum atomic E-state index is -0.598. The fourth-order valence-corrected chi connectivity index (χ4v) is 0.978. The van der Waals surface area contributed by atoms with Crippen molar-refractivity contribution < 1.29 is 5.11 Å². The van der Waals surface area contributed by atoms with Crippen molar-refractivity contribution in [1.82, 2.24) is 19.9 Å². The standard InChI is InChI=1S/C7H8N4O/c1-4(12)6-10-5-2-8-3-9-7(5)11-6/h2-4,12H,1H3,(H,8,9,10,11)/t4-/m0/s1. The number of H-pyrrole nitrogens is 1. The Kier molecular flexibility index (Phi) is 1.51. The molecular formula is C7H8N4O. The van der Waals surface area contributed by atoms with Crippen LogP contribution in [-0.2, 0) is 0 Å². The second kappa shape index (κ2) is 2.53. The average molecular weight is 164 g/mol. The van der Waals surface area contributed by atoms with E-state index in [0.717, 1.165) is 5.52 Å². The molecule has 0 amide bonds. The number of aromatic nitrogens is 4. The van der Waals surface area contributed by atoms with Crippen LogP contribution in [0, 0.1) is 0 Å². The molecule has 1 atom stereocenters. The number of aliphatic hydroxyl groups is 1. The SMILES string of the molecule is C[C@H](O)c1nc2ncncc2[nH]1. The van der Waals surface area contributed by atoms with E-state index in [0.29, 0.717) is 11.5 Å². The lowest BCUT2D eigenvalue weighted by Gasteiger charge is -1.94. The fraction of sp³-hybridized carbons (Fsp3) is 0.286. The molecule has 0 aliphatic heterocycles. The third kappa shape index (κ3) is 1.04. The van der Waals surface area contributed by atoms with Crippen molar-refractivity contribution in [2.45, 2.75) is 13.0 Å². The minimum Gasteiger partial charge on any atom is -0.385 e. The first-order valence-electron chi connectivity index (χ1n) is 3.61. The number of aromatic amines is 1. The van der Waals surface area contributed by atoms with Gasteiger partial charge in [-0.2, -0.15) is 0 Å². The summed E-state index contributed by atoms with van der Waals surface area (Å²) in [6, 6.07) is 0. The number of nitrogens with one attached hydrogen (secondary N) is 1. The van der Waals surface area contributed by atoms with Crippen LogP contribution < -0.4 is 0 Å². The molecule has 0 aliphatic rings. The maximum atomic E-state index is 9.18. The second-order valence-electron chi connectivity index (χ2n) is 2.56. The molecule has 12 heavy (non-hydrogen) atoms. The number of nitrogens with zero attached hydrogens (tertiary/aromatic N) is 3. The van der Waals surface area contributed by atoms with Gasteiger partial charge in [0.05, 0.1) is 6.20 Å². The van der Waals surface area contributed by atoms with Crippen LogP contribution in [0.1, 0.15) is 18.9 Å². The van der Waals surface area contributed by atoms with E-state index < -0.39 is 6.10 Å². The number of aliphatic hydroxyl groups excluding tert-OH is 1. The van der Waals surface area contributed by atoms with Crippen molar-refractivity contribution >= 4 is 11.2 Å². The molecule has 0 saturated heterocycles. The Labute approximate surface area is 68.5 Å². The number of hydrogen-bond donors (Lipinski definition) is 2. The molecule has 2 heterocycles. The van der Waals surface area contributed by atoms with E-state index in [9.17, 15) is 5.11 Å². The quantitative estimate of drug-likeness (QED) is 0.640. The summed E-state index contributed by atoms with van der Waals surface area (Å²) in [4.78, 5) is 14.7. The van der Waals surface area contributed by atoms with Crippen LogP contribution in [0.4, 0.5) is 0 Å². The predicted octanol–water partition coefficient (Wildman–Crippen LogP) is 0.406. The summed E-state index contributed by atoms with van der Waals surface area (Å²) in [6.07, 6.45) is 2.45. The van der Waals surface area contributed by atoms with Gasteiger partial charge in [0.25, 0.3) is 0 Å². The monoisotopic (exact) mass is 164 g/mol. The lowest BCUT2D eigenvalue weighted by atomic mass is 10.4. The van der Waals surface area contributed by atoms with Gasteiger partial charge in [0.2, 0.25) is 0 Å². The molecule has 0 bridgehead atoms. The molecule has 0 unspecified atom stereocenters. The van der Waals surface area contributed by atoms with Crippen LogP contribution in [0.3, 0.4) is 0 Å². The van der Waals surface area contributed by atoms with E-state index in [-0.39, 0.29) is 0 Å². The molecule has 0 aliphatic carbocycles. The highest BCUT2D eigenvalue weighted by Gasteiger charge is 2.07. The summed E-state index contributed by atoms with van der Waals surface area (Å²) in [5.41, 5.74) is 1.33. The van der Waals surface area contributed by atoms with Crippen LogP contribution in [0.25, 0.3) is 11.2 Å². The molecule has 0 radical (unpaired) electrons. The van der Waals surface area contributed by atoms with E-state index in [4.69, 9.17) is 0 Å². The maximum Gasteiger partial charge on any atom is 0.180 e. The van der Waals surface area contributed by atoms with Gasteiger partial charge in [-0.15, -0.1) is 0 Å². The number of rotatable bonds is 1. The predicted molar refractivity (Wildman–Crippen MR) is 42.3 cm³/mol. The Hall–Kier alpha value is -1.49. The van der Waals surface area contributed by atoms with Gasteiger partial charge < -0.3 is 10.1 Å². The van der Waals surface area contributed by atoms with Crippen molar-refractivity contribution in [2.24, 2.45) is 0 Å². The van der Waals surface area contributed by atoms with Gasteiger partial charge in [-0.3, -0.25) is 0 Å². The van der Waals surface area contributed by atoms with Crippen molar-refractivity contribution in [3.8, 4) is 0 Å². The normalized spacial score (nSPS) is 13.5. The third-order valence-corrected chi connectivity index (χ3v) is 1.58. The first kappa shape index (κ1) is 7.17. The van der Waals surface area contributed by atoms with Gasteiger partial charge in [0.1, 0.15) is 23.8 Å². The molecule has 0 aromatic carbocycles. The Morgan fingerprint density at radius 2 is 2.42 bits per heavy atom. The third-order valence-electron chi connectivity index (χ3n) is 1.58. The molecule has 0 spiro atoms. The average Bonchev–Trinajstić information content (AvgIpc) is 2.46. The zero-order chi connectivity index (χ0) is 8.55. The molecule has 0 saturated carbocycles. The Bertz CT molecular complexity index is 362. The van der Waals surface area contributed by atoms with Crippen molar-refractivity contribution in [3.05, 3.63) is 18.3 Å². The molecule has 0 fully saturated rings. The first-order valence-corrected chi connectivity index (χ1v) is 3.61. The Balaban J connectivity index is 2.62. The number of fused-ring (bicyclic) bond motifs is 1. The van der Waals surface area contributed by atoms with Crippen LogP contribution >= 0.6 is 0 Å². The summed E-state index contributed by atoms with van der Waals surface area (Å²) in [5, 5.41) is 9.18. The molecular weight excluding hydrogens is 156 g/mol. The molecule has 5 nitrogen and oxygen atoms in total. The van der Waals surface area contributed by atoms with Gasteiger partial charge in [0.15, 0.2) is 5.65 Å². The van der Waals surface area contributed by atoms with Crippen molar-refractivity contribution in [2.75, 3.05) is 0 Å². The van der Waals surface area contributed by atoms with E-state index in [2.05, 4.69) is 19.9 Å². The number of imidazole rings is 1. The molecule has 2 rings (SSSR count). The Morgan fingerprint density at radius 3 is 3.08 bits per heavy atom. The minimum absolute atomic E-state index is 0.519. The van der Waals surface area contributed by atoms with Gasteiger partial charge in [-0.05, 0) is 6.92 Å². The topological polar surface area (TPSA) is 74.7 Å². The van der Waals surface area contributed by atoms with E-state index >= 15 is 0 Å². The zero-order valence-electron chi connectivity index (χ0n) is 6.52. The highest BCUT2D eigenvalue weighted by Crippen LogP contribution is 2.11. The van der Waals surface area contributed by atoms with Crippen molar-refractivity contribution in [3.63, 3.8) is 0 Å². The smallest absolute Gasteiger partial charge is 0.180 e. The maximum absolute atomic E-state index is 9.18. The van der Waals surface area contributed by atoms with Gasteiger partial charge in [-0.25, -0.2) is 15.0 Å². The molecule has 2 aromatic heterocycles. The van der Waals surface area contributed by atoms with Crippen LogP contribution in [0.15, 0.2) is 12.5 Å². The summed E-state index contributed by atoms with van der Waals surface area (Å²) in [7, 11) is 0. The first-order chi connectivity index (χ1) is 5.77. The van der Waals surface area contributed by atoms with Gasteiger partial charge in [0, 0.05) is 0 Å². The lowest BCUT2D eigenvalue weighted by molar-refractivity contribution is 0.190. The highest BCUT2D eigenvalue weighted by atomic mass is 16.3. The summed E-state index contributed by atoms with van der Waals surface area (Å²) < 4.78 is 0. The van der Waals surface area contributed by atoms with Crippen LogP contribution in [0.5, 0.6) is 0 Å². The summed E-state index contributed by atoms with van der Waals surface area (Å²) in [5.74, 6) is 0.519.